The molecule has 0 radical (unpaired) electrons. The fourth-order valence-electron chi connectivity index (χ4n) is 1.63. The number of amides is 1. The molecule has 118 valence electrons. The zero-order valence-corrected chi connectivity index (χ0v) is 11.8. The molecule has 0 saturated heterocycles. The van der Waals surface area contributed by atoms with Crippen molar-refractivity contribution in [3.63, 3.8) is 0 Å². The summed E-state index contributed by atoms with van der Waals surface area (Å²) in [5.41, 5.74) is 3.09. The lowest BCUT2D eigenvalue weighted by Gasteiger charge is -2.01. The number of benzene rings is 1. The van der Waals surface area contributed by atoms with E-state index in [0.29, 0.717) is 11.3 Å². The van der Waals surface area contributed by atoms with Gasteiger partial charge in [0.2, 0.25) is 5.76 Å². The minimum atomic E-state index is -0.762. The molecule has 10 heteroatoms. The van der Waals surface area contributed by atoms with E-state index < -0.39 is 21.6 Å². The summed E-state index contributed by atoms with van der Waals surface area (Å²) < 4.78 is 4.73. The summed E-state index contributed by atoms with van der Waals surface area (Å²) in [4.78, 5) is 31.5. The molecule has 0 aliphatic carbocycles. The van der Waals surface area contributed by atoms with Crippen molar-refractivity contribution in [3.8, 4) is 0 Å². The molecule has 0 saturated carbocycles. The molecule has 2 rings (SSSR count). The Kier molecular flexibility index (Phi) is 4.45. The smallest absolute Gasteiger partial charge is 0.395 e. The standard InChI is InChI=1S/C13H10N4O6/c1-8(9-2-4-10(5-3-9)16(19)20)14-15-13(18)11-6-7-12(23-11)17(21)22/h2-7H,1H3,(H,15,18)/b14-8+. The molecule has 23 heavy (non-hydrogen) atoms. The number of nitro benzene ring substituents is 1. The second-order valence-electron chi connectivity index (χ2n) is 4.34. The zero-order valence-electron chi connectivity index (χ0n) is 11.8. The van der Waals surface area contributed by atoms with Gasteiger partial charge in [0.15, 0.2) is 0 Å². The van der Waals surface area contributed by atoms with Crippen molar-refractivity contribution in [1.82, 2.24) is 5.43 Å². The van der Waals surface area contributed by atoms with Crippen molar-refractivity contribution in [3.05, 3.63) is 68.0 Å². The van der Waals surface area contributed by atoms with Gasteiger partial charge in [0.1, 0.15) is 4.92 Å². The number of furan rings is 1. The molecule has 1 aromatic heterocycles. The Hall–Kier alpha value is -3.56. The number of nitrogens with zero attached hydrogens (tertiary/aromatic N) is 3. The molecular formula is C13H10N4O6. The fourth-order valence-corrected chi connectivity index (χ4v) is 1.63. The van der Waals surface area contributed by atoms with Crippen LogP contribution in [0.1, 0.15) is 23.0 Å². The van der Waals surface area contributed by atoms with Gasteiger partial charge in [-0.25, -0.2) is 5.43 Å². The van der Waals surface area contributed by atoms with E-state index in [9.17, 15) is 25.0 Å². The van der Waals surface area contributed by atoms with E-state index in [2.05, 4.69) is 10.5 Å². The maximum atomic E-state index is 11.7. The van der Waals surface area contributed by atoms with Crippen LogP contribution < -0.4 is 5.43 Å². The van der Waals surface area contributed by atoms with Crippen LogP contribution in [0.3, 0.4) is 0 Å². The monoisotopic (exact) mass is 318 g/mol. The van der Waals surface area contributed by atoms with Crippen LogP contribution in [-0.4, -0.2) is 21.5 Å². The number of carbonyl (C=O) groups is 1. The molecule has 10 nitrogen and oxygen atoms in total. The summed E-state index contributed by atoms with van der Waals surface area (Å²) >= 11 is 0. The molecule has 0 aliphatic rings. The maximum absolute atomic E-state index is 11.7. The molecule has 0 spiro atoms. The van der Waals surface area contributed by atoms with Crippen molar-refractivity contribution in [2.24, 2.45) is 5.10 Å². The van der Waals surface area contributed by atoms with Crippen LogP contribution >= 0.6 is 0 Å². The summed E-state index contributed by atoms with van der Waals surface area (Å²) in [6, 6.07) is 7.81. The van der Waals surface area contributed by atoms with Gasteiger partial charge in [0.25, 0.3) is 5.69 Å². The molecule has 0 fully saturated rings. The maximum Gasteiger partial charge on any atom is 0.433 e. The highest BCUT2D eigenvalue weighted by molar-refractivity contribution is 6.00. The Bertz CT molecular complexity index is 793. The van der Waals surface area contributed by atoms with Gasteiger partial charge in [-0.3, -0.25) is 25.0 Å². The number of hydrogen-bond donors (Lipinski definition) is 1. The summed E-state index contributed by atoms with van der Waals surface area (Å²) in [6.45, 7) is 1.59. The Labute approximate surface area is 128 Å². The van der Waals surface area contributed by atoms with Crippen LogP contribution in [-0.2, 0) is 0 Å². The zero-order chi connectivity index (χ0) is 17.0. The van der Waals surface area contributed by atoms with Gasteiger partial charge in [0.05, 0.1) is 16.7 Å². The van der Waals surface area contributed by atoms with Crippen LogP contribution in [0.4, 0.5) is 11.6 Å². The number of non-ortho nitro benzene ring substituents is 1. The van der Waals surface area contributed by atoms with E-state index in [1.165, 1.54) is 24.3 Å². The van der Waals surface area contributed by atoms with Crippen LogP contribution in [0.15, 0.2) is 45.9 Å². The van der Waals surface area contributed by atoms with Crippen LogP contribution in [0.2, 0.25) is 0 Å². The highest BCUT2D eigenvalue weighted by atomic mass is 16.6. The first-order valence-corrected chi connectivity index (χ1v) is 6.22. The number of hydrazone groups is 1. The van der Waals surface area contributed by atoms with Gasteiger partial charge >= 0.3 is 11.8 Å². The fraction of sp³-hybridized carbons (Fsp3) is 0.0769. The second kappa shape index (κ2) is 6.47. The third kappa shape index (κ3) is 3.75. The Morgan fingerprint density at radius 3 is 2.26 bits per heavy atom. The molecular weight excluding hydrogens is 308 g/mol. The molecule has 0 unspecified atom stereocenters. The Morgan fingerprint density at radius 1 is 1.09 bits per heavy atom. The van der Waals surface area contributed by atoms with Crippen LogP contribution in [0, 0.1) is 20.2 Å². The predicted molar refractivity (Wildman–Crippen MR) is 78.1 cm³/mol. The van der Waals surface area contributed by atoms with Gasteiger partial charge in [-0.1, -0.05) is 0 Å². The van der Waals surface area contributed by atoms with Crippen molar-refractivity contribution < 1.29 is 19.1 Å². The number of hydrogen-bond acceptors (Lipinski definition) is 7. The lowest BCUT2D eigenvalue weighted by atomic mass is 10.1. The molecule has 1 N–H and O–H groups in total. The minimum absolute atomic E-state index is 0.0616. The molecule has 1 amide bonds. The Balaban J connectivity index is 2.07. The number of rotatable bonds is 5. The third-order valence-electron chi connectivity index (χ3n) is 2.82. The second-order valence-corrected chi connectivity index (χ2v) is 4.34. The minimum Gasteiger partial charge on any atom is -0.395 e. The lowest BCUT2D eigenvalue weighted by molar-refractivity contribution is -0.402. The van der Waals surface area contributed by atoms with Gasteiger partial charge < -0.3 is 4.42 Å². The lowest BCUT2D eigenvalue weighted by Crippen LogP contribution is -2.18. The van der Waals surface area contributed by atoms with E-state index in [1.807, 2.05) is 0 Å². The number of nitro groups is 2. The van der Waals surface area contributed by atoms with Crippen molar-refractivity contribution in [1.29, 1.82) is 0 Å². The highest BCUT2D eigenvalue weighted by Gasteiger charge is 2.17. The average Bonchev–Trinajstić information content (AvgIpc) is 3.02. The van der Waals surface area contributed by atoms with E-state index >= 15 is 0 Å². The highest BCUT2D eigenvalue weighted by Crippen LogP contribution is 2.15. The molecule has 1 heterocycles. The summed E-state index contributed by atoms with van der Waals surface area (Å²) in [7, 11) is 0. The molecule has 0 aliphatic heterocycles. The number of carbonyl (C=O) groups excluding carboxylic acids is 1. The van der Waals surface area contributed by atoms with Crippen molar-refractivity contribution >= 4 is 23.2 Å². The Morgan fingerprint density at radius 2 is 1.74 bits per heavy atom. The van der Waals surface area contributed by atoms with Gasteiger partial charge in [-0.15, -0.1) is 0 Å². The molecule has 1 aromatic carbocycles. The normalized spacial score (nSPS) is 11.1. The first-order chi connectivity index (χ1) is 10.9. The first kappa shape index (κ1) is 15.8. The average molecular weight is 318 g/mol. The van der Waals surface area contributed by atoms with Crippen LogP contribution in [0.25, 0.3) is 0 Å². The van der Waals surface area contributed by atoms with Gasteiger partial charge in [-0.2, -0.15) is 5.10 Å². The first-order valence-electron chi connectivity index (χ1n) is 6.22. The molecule has 2 aromatic rings. The van der Waals surface area contributed by atoms with E-state index in [-0.39, 0.29) is 11.4 Å². The van der Waals surface area contributed by atoms with Gasteiger partial charge in [-0.05, 0) is 30.7 Å². The van der Waals surface area contributed by atoms with E-state index in [4.69, 9.17) is 4.42 Å². The largest absolute Gasteiger partial charge is 0.433 e. The predicted octanol–water partition coefficient (Wildman–Crippen LogP) is 2.25. The van der Waals surface area contributed by atoms with E-state index in [1.54, 1.807) is 6.92 Å². The summed E-state index contributed by atoms with van der Waals surface area (Å²) in [5.74, 6) is -1.55. The summed E-state index contributed by atoms with van der Waals surface area (Å²) in [6.07, 6.45) is 0. The molecule has 0 atom stereocenters. The molecule has 0 bridgehead atoms. The van der Waals surface area contributed by atoms with E-state index in [0.717, 1.165) is 12.1 Å². The quantitative estimate of drug-likeness (QED) is 0.509. The SMILES string of the molecule is C/C(=N\NC(=O)c1ccc([N+](=O)[O-])o1)c1ccc([N+](=O)[O-])cc1. The topological polar surface area (TPSA) is 141 Å². The summed E-state index contributed by atoms with van der Waals surface area (Å²) in [5, 5.41) is 24.8. The third-order valence-corrected chi connectivity index (χ3v) is 2.82. The van der Waals surface area contributed by atoms with Crippen LogP contribution in [0.5, 0.6) is 0 Å². The van der Waals surface area contributed by atoms with Crippen molar-refractivity contribution in [2.75, 3.05) is 0 Å². The number of nitrogens with one attached hydrogen (secondary N) is 1. The van der Waals surface area contributed by atoms with Gasteiger partial charge in [0, 0.05) is 12.1 Å². The van der Waals surface area contributed by atoms with Crippen molar-refractivity contribution in [2.45, 2.75) is 6.92 Å².